The molecule has 0 bridgehead atoms. The number of rotatable bonds is 10. The maximum atomic E-state index is 14.3. The van der Waals surface area contributed by atoms with Gasteiger partial charge in [-0.05, 0) is 53.3 Å². The summed E-state index contributed by atoms with van der Waals surface area (Å²) in [5, 5.41) is 8.49. The summed E-state index contributed by atoms with van der Waals surface area (Å²) in [6, 6.07) is -4.33. The van der Waals surface area contributed by atoms with E-state index in [2.05, 4.69) is 29.8 Å². The van der Waals surface area contributed by atoms with Crippen LogP contribution in [0.5, 0.6) is 0 Å². The Morgan fingerprint density at radius 2 is 1.36 bits per heavy atom. The van der Waals surface area contributed by atoms with E-state index in [1.807, 2.05) is 41.5 Å². The van der Waals surface area contributed by atoms with Crippen LogP contribution < -0.4 is 21.7 Å². The fraction of sp³-hybridized carbons (Fsp3) is 0.818. The molecule has 0 aromatic heterocycles. The molecule has 2 heterocycles. The molecular weight excluding hydrogens is 576 g/mol. The highest BCUT2D eigenvalue weighted by molar-refractivity contribution is 6.37. The predicted molar refractivity (Wildman–Crippen MR) is 168 cm³/mol. The summed E-state index contributed by atoms with van der Waals surface area (Å²) in [4.78, 5) is 82.9. The zero-order valence-electron chi connectivity index (χ0n) is 28.3. The van der Waals surface area contributed by atoms with Crippen molar-refractivity contribution in [3.63, 3.8) is 0 Å². The average molecular weight is 631 g/mol. The number of urea groups is 1. The van der Waals surface area contributed by atoms with E-state index < -0.39 is 64.5 Å². The summed E-state index contributed by atoms with van der Waals surface area (Å²) in [5.41, 5.74) is 3.84. The molecule has 6 atom stereocenters. The Kier molecular flexibility index (Phi) is 9.67. The molecule has 2 aliphatic carbocycles. The van der Waals surface area contributed by atoms with Gasteiger partial charge in [0.25, 0.3) is 5.91 Å². The number of nitrogens with zero attached hydrogens (tertiary/aromatic N) is 2. The van der Waals surface area contributed by atoms with Gasteiger partial charge in [0, 0.05) is 19.6 Å². The zero-order chi connectivity index (χ0) is 33.6. The van der Waals surface area contributed by atoms with Gasteiger partial charge in [-0.3, -0.25) is 24.0 Å². The molecule has 2 unspecified atom stereocenters. The molecule has 0 spiro atoms. The molecule has 12 heteroatoms. The van der Waals surface area contributed by atoms with Gasteiger partial charge in [-0.2, -0.15) is 0 Å². The number of nitrogens with two attached hydrogens (primary N) is 1. The fourth-order valence-corrected chi connectivity index (χ4v) is 7.42. The SMILES string of the molecule is CC(C)(C)[C@H](NC(=O)N[C@H](C(=O)N1CC2[C@@H]([C@H]1C(=O)NC(CC1CCC1)C(=O)C(N)=O)C2(C)C)C(C)(C)C)C(=O)N1CCCC1. The number of carbonyl (C=O) groups is 6. The van der Waals surface area contributed by atoms with E-state index in [0.717, 1.165) is 32.1 Å². The van der Waals surface area contributed by atoms with Crippen LogP contribution in [0.25, 0.3) is 0 Å². The van der Waals surface area contributed by atoms with E-state index in [1.165, 1.54) is 4.90 Å². The summed E-state index contributed by atoms with van der Waals surface area (Å²) in [7, 11) is 0. The second kappa shape index (κ2) is 12.5. The topological polar surface area (TPSA) is 171 Å². The van der Waals surface area contributed by atoms with Gasteiger partial charge in [-0.25, -0.2) is 4.79 Å². The first-order valence-corrected chi connectivity index (χ1v) is 16.6. The van der Waals surface area contributed by atoms with Gasteiger partial charge in [0.2, 0.25) is 23.5 Å². The van der Waals surface area contributed by atoms with Crippen LogP contribution >= 0.6 is 0 Å². The number of nitrogens with one attached hydrogen (secondary N) is 3. The predicted octanol–water partition coefficient (Wildman–Crippen LogP) is 1.95. The van der Waals surface area contributed by atoms with Crippen LogP contribution in [0.1, 0.15) is 93.9 Å². The van der Waals surface area contributed by atoms with E-state index in [9.17, 15) is 28.8 Å². The fourth-order valence-electron chi connectivity index (χ4n) is 7.42. The molecule has 0 aromatic rings. The van der Waals surface area contributed by atoms with Gasteiger partial charge in [0.1, 0.15) is 18.1 Å². The van der Waals surface area contributed by atoms with Crippen molar-refractivity contribution in [2.45, 2.75) is 118 Å². The Morgan fingerprint density at radius 1 is 0.822 bits per heavy atom. The van der Waals surface area contributed by atoms with Crippen molar-refractivity contribution in [2.75, 3.05) is 19.6 Å². The number of ketones is 1. The minimum absolute atomic E-state index is 0.0759. The van der Waals surface area contributed by atoms with Crippen LogP contribution in [0.15, 0.2) is 0 Å². The third-order valence-electron chi connectivity index (χ3n) is 10.6. The Balaban J connectivity index is 1.53. The van der Waals surface area contributed by atoms with Gasteiger partial charge in [0.15, 0.2) is 0 Å². The summed E-state index contributed by atoms with van der Waals surface area (Å²) < 4.78 is 0. The number of fused-ring (bicyclic) bond motifs is 1. The van der Waals surface area contributed by atoms with Gasteiger partial charge in [-0.1, -0.05) is 74.7 Å². The highest BCUT2D eigenvalue weighted by Crippen LogP contribution is 2.65. The molecule has 2 saturated heterocycles. The monoisotopic (exact) mass is 630 g/mol. The molecular formula is C33H54N6O6. The summed E-state index contributed by atoms with van der Waals surface area (Å²) in [5.74, 6) is -2.79. The Hall–Kier alpha value is -3.18. The number of primary amides is 1. The standard InChI is InChI=1S/C33H54N6O6/c1-31(2,3)24(28(43)38-14-9-10-15-38)36-30(45)37-25(32(4,5)6)29(44)39-17-19-21(33(19,7)8)22(39)27(42)35-20(23(40)26(34)41)16-18-12-11-13-18/h18-22,24-25H,9-17H2,1-8H3,(H2,34,41)(H,35,42)(H2,36,37,45)/t19?,20?,21-,22-,24+,25+/m0/s1. The van der Waals surface area contributed by atoms with Gasteiger partial charge in [-0.15, -0.1) is 0 Å². The lowest BCUT2D eigenvalue weighted by molar-refractivity contribution is -0.145. The number of piperidine rings is 1. The lowest BCUT2D eigenvalue weighted by atomic mass is 9.80. The van der Waals surface area contributed by atoms with Gasteiger partial charge in [0.05, 0.1) is 6.04 Å². The van der Waals surface area contributed by atoms with Crippen LogP contribution in [0, 0.1) is 34.0 Å². The van der Waals surface area contributed by atoms with Crippen molar-refractivity contribution in [3.8, 4) is 0 Å². The third-order valence-corrected chi connectivity index (χ3v) is 10.6. The van der Waals surface area contributed by atoms with Gasteiger partial charge >= 0.3 is 6.03 Å². The molecule has 4 aliphatic rings. The van der Waals surface area contributed by atoms with Crippen molar-refractivity contribution in [1.82, 2.24) is 25.8 Å². The summed E-state index contributed by atoms with van der Waals surface area (Å²) >= 11 is 0. The molecule has 5 N–H and O–H groups in total. The van der Waals surface area contributed by atoms with Crippen molar-refractivity contribution < 1.29 is 28.8 Å². The molecule has 2 aliphatic heterocycles. The van der Waals surface area contributed by atoms with Crippen molar-refractivity contribution >= 4 is 35.4 Å². The number of likely N-dealkylation sites (tertiary alicyclic amines) is 2. The Bertz CT molecular complexity index is 1210. The maximum absolute atomic E-state index is 14.3. The van der Waals surface area contributed by atoms with Crippen molar-refractivity contribution in [1.29, 1.82) is 0 Å². The number of hydrogen-bond donors (Lipinski definition) is 4. The number of Topliss-reactive ketones (excluding diaryl/α,β-unsaturated/α-hetero) is 1. The molecule has 4 rings (SSSR count). The third kappa shape index (κ3) is 7.30. The molecule has 45 heavy (non-hydrogen) atoms. The van der Waals surface area contributed by atoms with Crippen LogP contribution in [-0.2, 0) is 24.0 Å². The number of amides is 6. The maximum Gasteiger partial charge on any atom is 0.316 e. The van der Waals surface area contributed by atoms with Crippen LogP contribution in [-0.4, -0.2) is 89.0 Å². The van der Waals surface area contributed by atoms with Crippen LogP contribution in [0.2, 0.25) is 0 Å². The molecule has 6 amide bonds. The second-order valence-electron chi connectivity index (χ2n) is 16.5. The molecule has 12 nitrogen and oxygen atoms in total. The molecule has 4 fully saturated rings. The second-order valence-corrected chi connectivity index (χ2v) is 16.5. The smallest absolute Gasteiger partial charge is 0.316 e. The highest BCUT2D eigenvalue weighted by Gasteiger charge is 2.70. The molecule has 0 radical (unpaired) electrons. The Morgan fingerprint density at radius 3 is 1.82 bits per heavy atom. The van der Waals surface area contributed by atoms with Crippen LogP contribution in [0.4, 0.5) is 4.79 Å². The van der Waals surface area contributed by atoms with E-state index in [1.54, 1.807) is 4.90 Å². The first-order valence-electron chi connectivity index (χ1n) is 16.6. The van der Waals surface area contributed by atoms with E-state index in [4.69, 9.17) is 5.73 Å². The minimum atomic E-state index is -1.09. The summed E-state index contributed by atoms with van der Waals surface area (Å²) in [6.07, 6.45) is 5.07. The first-order chi connectivity index (χ1) is 20.7. The molecule has 2 saturated carbocycles. The molecule has 0 aromatic carbocycles. The summed E-state index contributed by atoms with van der Waals surface area (Å²) in [6.45, 7) is 16.9. The number of hydrogen-bond acceptors (Lipinski definition) is 6. The average Bonchev–Trinajstić information content (AvgIpc) is 3.36. The van der Waals surface area contributed by atoms with E-state index in [0.29, 0.717) is 26.1 Å². The lowest BCUT2D eigenvalue weighted by Gasteiger charge is -2.39. The zero-order valence-corrected chi connectivity index (χ0v) is 28.3. The minimum Gasteiger partial charge on any atom is -0.363 e. The van der Waals surface area contributed by atoms with Crippen molar-refractivity contribution in [3.05, 3.63) is 0 Å². The highest BCUT2D eigenvalue weighted by atomic mass is 16.2. The normalized spacial score (nSPS) is 26.2. The lowest BCUT2D eigenvalue weighted by Crippen LogP contribution is -2.63. The first kappa shape index (κ1) is 34.7. The van der Waals surface area contributed by atoms with E-state index >= 15 is 0 Å². The van der Waals surface area contributed by atoms with E-state index in [-0.39, 0.29) is 29.1 Å². The quantitative estimate of drug-likeness (QED) is 0.269. The van der Waals surface area contributed by atoms with Gasteiger partial charge < -0.3 is 31.5 Å². The van der Waals surface area contributed by atoms with Crippen molar-refractivity contribution in [2.24, 2.45) is 39.7 Å². The molecule has 252 valence electrons. The largest absolute Gasteiger partial charge is 0.363 e. The Labute approximate surface area is 267 Å². The number of carbonyl (C=O) groups excluding carboxylic acids is 6. The van der Waals surface area contributed by atoms with Crippen LogP contribution in [0.3, 0.4) is 0 Å².